The van der Waals surface area contributed by atoms with Gasteiger partial charge in [-0.1, -0.05) is 38.1 Å². The topological polar surface area (TPSA) is 74.8 Å². The summed E-state index contributed by atoms with van der Waals surface area (Å²) in [6.45, 7) is 4.29. The minimum atomic E-state index is -0.134. The minimum absolute atomic E-state index is 0.0648. The van der Waals surface area contributed by atoms with Crippen LogP contribution < -0.4 is 10.9 Å². The monoisotopic (exact) mass is 401 g/mol. The average molecular weight is 402 g/mol. The van der Waals surface area contributed by atoms with Gasteiger partial charge in [-0.25, -0.2) is 5.10 Å². The molecule has 0 saturated heterocycles. The molecule has 0 radical (unpaired) electrons. The molecule has 0 aliphatic heterocycles. The number of aromatic nitrogens is 2. The zero-order valence-electron chi connectivity index (χ0n) is 17.5. The van der Waals surface area contributed by atoms with Crippen molar-refractivity contribution < 1.29 is 4.79 Å². The normalized spacial score (nSPS) is 13.2. The van der Waals surface area contributed by atoms with Gasteiger partial charge in [0.15, 0.2) is 0 Å². The summed E-state index contributed by atoms with van der Waals surface area (Å²) in [7, 11) is 0. The maximum absolute atomic E-state index is 12.7. The Labute approximate surface area is 176 Å². The van der Waals surface area contributed by atoms with E-state index in [1.807, 2.05) is 48.5 Å². The second kappa shape index (κ2) is 8.66. The molecule has 5 heteroatoms. The quantitative estimate of drug-likeness (QED) is 0.655. The summed E-state index contributed by atoms with van der Waals surface area (Å²) >= 11 is 0. The molecular weight excluding hydrogens is 374 g/mol. The van der Waals surface area contributed by atoms with Gasteiger partial charge in [0, 0.05) is 23.2 Å². The standard InChI is InChI=1S/C25H27N3O2/c1-16(2)18-10-12-20(13-11-18)26-24(29)19-7-5-6-17(14-19)15-23-21-8-3-4-9-22(21)25(30)28-27-23/h5-7,10-14,16H,3-4,8-9,15H2,1-2H3,(H,26,29)(H,28,30). The van der Waals surface area contributed by atoms with Crippen LogP contribution in [0.4, 0.5) is 5.69 Å². The van der Waals surface area contributed by atoms with Crippen molar-refractivity contribution in [1.29, 1.82) is 0 Å². The molecule has 0 spiro atoms. The molecule has 0 unspecified atom stereocenters. The van der Waals surface area contributed by atoms with E-state index in [1.54, 1.807) is 0 Å². The van der Waals surface area contributed by atoms with E-state index in [1.165, 1.54) is 5.56 Å². The molecule has 5 nitrogen and oxygen atoms in total. The molecule has 1 aliphatic carbocycles. The van der Waals surface area contributed by atoms with Gasteiger partial charge in [-0.2, -0.15) is 5.10 Å². The second-order valence-corrected chi connectivity index (χ2v) is 8.27. The van der Waals surface area contributed by atoms with Gasteiger partial charge in [0.25, 0.3) is 11.5 Å². The third-order valence-corrected chi connectivity index (χ3v) is 5.78. The Bertz CT molecular complexity index is 1110. The van der Waals surface area contributed by atoms with Gasteiger partial charge in [-0.3, -0.25) is 9.59 Å². The van der Waals surface area contributed by atoms with E-state index in [4.69, 9.17) is 0 Å². The van der Waals surface area contributed by atoms with E-state index in [2.05, 4.69) is 29.4 Å². The van der Waals surface area contributed by atoms with Crippen LogP contribution in [-0.4, -0.2) is 16.1 Å². The Morgan fingerprint density at radius 1 is 1.07 bits per heavy atom. The Balaban J connectivity index is 1.52. The zero-order chi connectivity index (χ0) is 21.1. The van der Waals surface area contributed by atoms with Crippen molar-refractivity contribution in [3.63, 3.8) is 0 Å². The number of carbonyl (C=O) groups is 1. The van der Waals surface area contributed by atoms with E-state index >= 15 is 0 Å². The van der Waals surface area contributed by atoms with Gasteiger partial charge in [0.1, 0.15) is 0 Å². The van der Waals surface area contributed by atoms with E-state index in [0.717, 1.165) is 53.8 Å². The smallest absolute Gasteiger partial charge is 0.267 e. The number of benzene rings is 2. The van der Waals surface area contributed by atoms with Crippen molar-refractivity contribution in [2.75, 3.05) is 5.32 Å². The number of hydrogen-bond acceptors (Lipinski definition) is 3. The molecule has 1 aliphatic rings. The molecule has 0 saturated carbocycles. The average Bonchev–Trinajstić information content (AvgIpc) is 2.76. The van der Waals surface area contributed by atoms with Crippen molar-refractivity contribution in [3.05, 3.63) is 92.4 Å². The number of fused-ring (bicyclic) bond motifs is 1. The zero-order valence-corrected chi connectivity index (χ0v) is 17.5. The van der Waals surface area contributed by atoms with Crippen LogP contribution in [0.25, 0.3) is 0 Å². The van der Waals surface area contributed by atoms with Gasteiger partial charge in [0.2, 0.25) is 0 Å². The Morgan fingerprint density at radius 3 is 2.53 bits per heavy atom. The summed E-state index contributed by atoms with van der Waals surface area (Å²) in [4.78, 5) is 24.8. The fraction of sp³-hybridized carbons (Fsp3) is 0.320. The van der Waals surface area contributed by atoms with Gasteiger partial charge >= 0.3 is 0 Å². The number of carbonyl (C=O) groups excluding carboxylic acids is 1. The van der Waals surface area contributed by atoms with E-state index < -0.39 is 0 Å². The number of nitrogens with one attached hydrogen (secondary N) is 2. The molecule has 2 N–H and O–H groups in total. The Morgan fingerprint density at radius 2 is 1.80 bits per heavy atom. The summed E-state index contributed by atoms with van der Waals surface area (Å²) in [6, 6.07) is 15.6. The number of amides is 1. The van der Waals surface area contributed by atoms with Crippen molar-refractivity contribution >= 4 is 11.6 Å². The predicted octanol–water partition coefficient (Wildman–Crippen LogP) is 4.62. The predicted molar refractivity (Wildman–Crippen MR) is 119 cm³/mol. The van der Waals surface area contributed by atoms with E-state index in [0.29, 0.717) is 17.9 Å². The molecule has 154 valence electrons. The molecule has 1 aromatic heterocycles. The second-order valence-electron chi connectivity index (χ2n) is 8.27. The molecule has 2 aromatic carbocycles. The molecule has 1 amide bonds. The van der Waals surface area contributed by atoms with Crippen LogP contribution in [0.1, 0.15) is 70.9 Å². The largest absolute Gasteiger partial charge is 0.322 e. The van der Waals surface area contributed by atoms with Gasteiger partial charge in [0.05, 0.1) is 5.69 Å². The maximum Gasteiger partial charge on any atom is 0.267 e. The van der Waals surface area contributed by atoms with Crippen LogP contribution in [-0.2, 0) is 19.3 Å². The lowest BCUT2D eigenvalue weighted by molar-refractivity contribution is 0.102. The van der Waals surface area contributed by atoms with Crippen LogP contribution >= 0.6 is 0 Å². The van der Waals surface area contributed by atoms with E-state index in [-0.39, 0.29) is 11.5 Å². The van der Waals surface area contributed by atoms with Crippen molar-refractivity contribution in [2.24, 2.45) is 0 Å². The minimum Gasteiger partial charge on any atom is -0.322 e. The van der Waals surface area contributed by atoms with Gasteiger partial charge in [-0.15, -0.1) is 0 Å². The molecule has 0 fully saturated rings. The van der Waals surface area contributed by atoms with E-state index in [9.17, 15) is 9.59 Å². The summed E-state index contributed by atoms with van der Waals surface area (Å²) in [5, 5.41) is 9.93. The number of aromatic amines is 1. The third kappa shape index (κ3) is 4.35. The van der Waals surface area contributed by atoms with Crippen molar-refractivity contribution in [1.82, 2.24) is 10.2 Å². The Hall–Kier alpha value is -3.21. The Kier molecular flexibility index (Phi) is 5.79. The molecule has 0 atom stereocenters. The van der Waals surface area contributed by atoms with Gasteiger partial charge < -0.3 is 5.32 Å². The van der Waals surface area contributed by atoms with Crippen molar-refractivity contribution in [3.8, 4) is 0 Å². The highest BCUT2D eigenvalue weighted by Crippen LogP contribution is 2.23. The highest BCUT2D eigenvalue weighted by Gasteiger charge is 2.18. The highest BCUT2D eigenvalue weighted by atomic mass is 16.1. The van der Waals surface area contributed by atoms with Crippen LogP contribution in [0.15, 0.2) is 53.3 Å². The molecule has 0 bridgehead atoms. The fourth-order valence-electron chi connectivity index (χ4n) is 4.04. The fourth-order valence-corrected chi connectivity index (χ4v) is 4.04. The van der Waals surface area contributed by atoms with Gasteiger partial charge in [-0.05, 0) is 72.6 Å². The molecule has 4 rings (SSSR count). The summed E-state index contributed by atoms with van der Waals surface area (Å²) in [5.74, 6) is 0.323. The first-order valence-corrected chi connectivity index (χ1v) is 10.6. The number of hydrogen-bond donors (Lipinski definition) is 2. The SMILES string of the molecule is CC(C)c1ccc(NC(=O)c2cccc(Cc3n[nH]c(=O)c4c3CCCC4)c2)cc1. The lowest BCUT2D eigenvalue weighted by Crippen LogP contribution is -2.23. The highest BCUT2D eigenvalue weighted by molar-refractivity contribution is 6.04. The maximum atomic E-state index is 12.7. The van der Waals surface area contributed by atoms with Crippen LogP contribution in [0.3, 0.4) is 0 Å². The summed E-state index contributed by atoms with van der Waals surface area (Å²) < 4.78 is 0. The molecular formula is C25H27N3O2. The lowest BCUT2D eigenvalue weighted by atomic mass is 9.90. The number of anilines is 1. The molecule has 3 aromatic rings. The number of nitrogens with zero attached hydrogens (tertiary/aromatic N) is 1. The first kappa shape index (κ1) is 20.1. The number of H-pyrrole nitrogens is 1. The van der Waals surface area contributed by atoms with Crippen LogP contribution in [0.5, 0.6) is 0 Å². The third-order valence-electron chi connectivity index (χ3n) is 5.78. The molecule has 30 heavy (non-hydrogen) atoms. The summed E-state index contributed by atoms with van der Waals surface area (Å²) in [5.41, 5.74) is 6.45. The summed E-state index contributed by atoms with van der Waals surface area (Å²) in [6.07, 6.45) is 4.45. The lowest BCUT2D eigenvalue weighted by Gasteiger charge is -2.17. The van der Waals surface area contributed by atoms with Crippen LogP contribution in [0, 0.1) is 0 Å². The van der Waals surface area contributed by atoms with Crippen LogP contribution in [0.2, 0.25) is 0 Å². The molecule has 1 heterocycles. The van der Waals surface area contributed by atoms with Crippen molar-refractivity contribution in [2.45, 2.75) is 51.9 Å². The first-order valence-electron chi connectivity index (χ1n) is 10.6. The first-order chi connectivity index (χ1) is 14.5. The number of rotatable bonds is 5.